The Labute approximate surface area is 116 Å². The van der Waals surface area contributed by atoms with Crippen molar-refractivity contribution in [1.82, 2.24) is 9.38 Å². The molecule has 0 amide bonds. The first-order chi connectivity index (χ1) is 9.74. The van der Waals surface area contributed by atoms with Crippen LogP contribution in [0.1, 0.15) is 0 Å². The number of benzene rings is 1. The molecule has 0 aliphatic carbocycles. The van der Waals surface area contributed by atoms with Crippen LogP contribution in [-0.2, 0) is 0 Å². The van der Waals surface area contributed by atoms with E-state index in [0.29, 0.717) is 17.3 Å². The Balaban J connectivity index is 2.26. The average molecular weight is 269 g/mol. The van der Waals surface area contributed by atoms with Crippen LogP contribution in [0.4, 0.5) is 5.82 Å². The molecule has 0 saturated carbocycles. The molecule has 1 aromatic carbocycles. The highest BCUT2D eigenvalue weighted by Gasteiger charge is 2.16. The lowest BCUT2D eigenvalue weighted by Crippen LogP contribution is -1.95. The smallest absolute Gasteiger partial charge is 0.139 e. The SMILES string of the molecule is COc1ccc(OC)c(-c2nc3ccccn3c2N)c1. The van der Waals surface area contributed by atoms with Gasteiger partial charge in [0.15, 0.2) is 0 Å². The van der Waals surface area contributed by atoms with Crippen molar-refractivity contribution >= 4 is 11.5 Å². The maximum atomic E-state index is 6.19. The lowest BCUT2D eigenvalue weighted by molar-refractivity contribution is 0.404. The number of hydrogen-bond acceptors (Lipinski definition) is 4. The number of anilines is 1. The summed E-state index contributed by atoms with van der Waals surface area (Å²) in [6.07, 6.45) is 1.88. The van der Waals surface area contributed by atoms with Crippen molar-refractivity contribution < 1.29 is 9.47 Å². The third kappa shape index (κ3) is 1.84. The van der Waals surface area contributed by atoms with E-state index in [1.807, 2.05) is 47.0 Å². The number of fused-ring (bicyclic) bond motifs is 1. The van der Waals surface area contributed by atoms with Crippen molar-refractivity contribution in [3.63, 3.8) is 0 Å². The maximum Gasteiger partial charge on any atom is 0.139 e. The van der Waals surface area contributed by atoms with Crippen LogP contribution >= 0.6 is 0 Å². The van der Waals surface area contributed by atoms with Crippen LogP contribution in [0.3, 0.4) is 0 Å². The second kappa shape index (κ2) is 4.77. The minimum absolute atomic E-state index is 0.576. The Morgan fingerprint density at radius 3 is 2.65 bits per heavy atom. The first-order valence-corrected chi connectivity index (χ1v) is 6.19. The molecule has 3 rings (SSSR count). The molecule has 0 aliphatic heterocycles. The van der Waals surface area contributed by atoms with E-state index in [1.165, 1.54) is 0 Å². The molecule has 2 aromatic heterocycles. The van der Waals surface area contributed by atoms with E-state index >= 15 is 0 Å². The number of imidazole rings is 1. The Hall–Kier alpha value is -2.69. The molecule has 5 nitrogen and oxygen atoms in total. The van der Waals surface area contributed by atoms with Crippen molar-refractivity contribution in [3.05, 3.63) is 42.6 Å². The van der Waals surface area contributed by atoms with Crippen LogP contribution in [0.15, 0.2) is 42.6 Å². The summed E-state index contributed by atoms with van der Waals surface area (Å²) in [7, 11) is 3.25. The number of methoxy groups -OCH3 is 2. The summed E-state index contributed by atoms with van der Waals surface area (Å²) in [4.78, 5) is 4.57. The van der Waals surface area contributed by atoms with Crippen LogP contribution in [0.5, 0.6) is 11.5 Å². The van der Waals surface area contributed by atoms with Crippen LogP contribution in [-0.4, -0.2) is 23.6 Å². The minimum Gasteiger partial charge on any atom is -0.497 e. The Morgan fingerprint density at radius 1 is 1.10 bits per heavy atom. The molecule has 2 N–H and O–H groups in total. The van der Waals surface area contributed by atoms with Gasteiger partial charge in [0.1, 0.15) is 28.7 Å². The zero-order chi connectivity index (χ0) is 14.1. The lowest BCUT2D eigenvalue weighted by atomic mass is 10.1. The van der Waals surface area contributed by atoms with Gasteiger partial charge < -0.3 is 15.2 Å². The van der Waals surface area contributed by atoms with Gasteiger partial charge in [-0.2, -0.15) is 0 Å². The quantitative estimate of drug-likeness (QED) is 0.794. The predicted octanol–water partition coefficient (Wildman–Crippen LogP) is 2.60. The molecule has 102 valence electrons. The highest BCUT2D eigenvalue weighted by Crippen LogP contribution is 2.36. The van der Waals surface area contributed by atoms with Crippen molar-refractivity contribution in [2.24, 2.45) is 0 Å². The monoisotopic (exact) mass is 269 g/mol. The third-order valence-electron chi connectivity index (χ3n) is 3.23. The predicted molar refractivity (Wildman–Crippen MR) is 78.1 cm³/mol. The molecule has 0 bridgehead atoms. The van der Waals surface area contributed by atoms with E-state index in [0.717, 1.165) is 17.0 Å². The molecule has 0 aliphatic rings. The van der Waals surface area contributed by atoms with Crippen LogP contribution in [0, 0.1) is 0 Å². The largest absolute Gasteiger partial charge is 0.497 e. The van der Waals surface area contributed by atoms with Crippen LogP contribution in [0.25, 0.3) is 16.9 Å². The fraction of sp³-hybridized carbons (Fsp3) is 0.133. The van der Waals surface area contributed by atoms with Gasteiger partial charge in [0.25, 0.3) is 0 Å². The number of nitrogen functional groups attached to an aromatic ring is 1. The fourth-order valence-corrected chi connectivity index (χ4v) is 2.21. The standard InChI is InChI=1S/C15H15N3O2/c1-19-10-6-7-12(20-2)11(9-10)14-15(16)18-8-4-3-5-13(18)17-14/h3-9H,16H2,1-2H3. The van der Waals surface area contributed by atoms with Crippen molar-refractivity contribution in [1.29, 1.82) is 0 Å². The topological polar surface area (TPSA) is 61.8 Å². The number of rotatable bonds is 3. The lowest BCUT2D eigenvalue weighted by Gasteiger charge is -2.09. The van der Waals surface area contributed by atoms with Gasteiger partial charge in [0, 0.05) is 11.8 Å². The number of aromatic nitrogens is 2. The summed E-state index contributed by atoms with van der Waals surface area (Å²) in [5.74, 6) is 2.02. The van der Waals surface area contributed by atoms with Gasteiger partial charge >= 0.3 is 0 Å². The van der Waals surface area contributed by atoms with Gasteiger partial charge in [-0.05, 0) is 30.3 Å². The summed E-state index contributed by atoms with van der Waals surface area (Å²) in [5, 5.41) is 0. The number of pyridine rings is 1. The highest BCUT2D eigenvalue weighted by molar-refractivity contribution is 5.79. The molecule has 0 fully saturated rings. The first-order valence-electron chi connectivity index (χ1n) is 6.19. The summed E-state index contributed by atoms with van der Waals surface area (Å²) in [5.41, 5.74) is 8.49. The van der Waals surface area contributed by atoms with E-state index in [9.17, 15) is 0 Å². The molecule has 3 aromatic rings. The zero-order valence-electron chi connectivity index (χ0n) is 11.3. The molecule has 20 heavy (non-hydrogen) atoms. The van der Waals surface area contributed by atoms with Crippen molar-refractivity contribution in [2.45, 2.75) is 0 Å². The molecule has 0 radical (unpaired) electrons. The molecule has 0 saturated heterocycles. The summed E-state index contributed by atoms with van der Waals surface area (Å²) in [6, 6.07) is 11.3. The van der Waals surface area contributed by atoms with Gasteiger partial charge in [-0.3, -0.25) is 4.40 Å². The van der Waals surface area contributed by atoms with Crippen molar-refractivity contribution in [3.8, 4) is 22.8 Å². The highest BCUT2D eigenvalue weighted by atomic mass is 16.5. The number of hydrogen-bond donors (Lipinski definition) is 1. The van der Waals surface area contributed by atoms with Gasteiger partial charge in [0.05, 0.1) is 14.2 Å². The van der Waals surface area contributed by atoms with E-state index in [-0.39, 0.29) is 0 Å². The van der Waals surface area contributed by atoms with Crippen LogP contribution in [0.2, 0.25) is 0 Å². The summed E-state index contributed by atoms with van der Waals surface area (Å²) in [6.45, 7) is 0. The third-order valence-corrected chi connectivity index (χ3v) is 3.23. The van der Waals surface area contributed by atoms with E-state index in [2.05, 4.69) is 4.98 Å². The molecule has 0 spiro atoms. The molecular weight excluding hydrogens is 254 g/mol. The molecule has 0 atom stereocenters. The van der Waals surface area contributed by atoms with E-state index in [4.69, 9.17) is 15.2 Å². The van der Waals surface area contributed by atoms with E-state index in [1.54, 1.807) is 14.2 Å². The van der Waals surface area contributed by atoms with Gasteiger partial charge in [-0.1, -0.05) is 6.07 Å². The second-order valence-corrected chi connectivity index (χ2v) is 4.34. The second-order valence-electron chi connectivity index (χ2n) is 4.34. The number of nitrogens with zero attached hydrogens (tertiary/aromatic N) is 2. The normalized spacial score (nSPS) is 10.7. The Bertz CT molecular complexity index is 765. The first kappa shape index (κ1) is 12.3. The van der Waals surface area contributed by atoms with Gasteiger partial charge in [0.2, 0.25) is 0 Å². The molecule has 2 heterocycles. The summed E-state index contributed by atoms with van der Waals surface area (Å²) < 4.78 is 12.5. The van der Waals surface area contributed by atoms with Crippen LogP contribution < -0.4 is 15.2 Å². The molecule has 0 unspecified atom stereocenters. The Morgan fingerprint density at radius 2 is 1.95 bits per heavy atom. The number of nitrogens with two attached hydrogens (primary N) is 1. The van der Waals surface area contributed by atoms with Gasteiger partial charge in [-0.15, -0.1) is 0 Å². The molecular formula is C15H15N3O2. The fourth-order valence-electron chi connectivity index (χ4n) is 2.21. The van der Waals surface area contributed by atoms with Gasteiger partial charge in [-0.25, -0.2) is 4.98 Å². The number of ether oxygens (including phenoxy) is 2. The maximum absolute atomic E-state index is 6.19. The molecule has 5 heteroatoms. The Kier molecular flexibility index (Phi) is 2.95. The minimum atomic E-state index is 0.576. The van der Waals surface area contributed by atoms with E-state index < -0.39 is 0 Å². The zero-order valence-corrected chi connectivity index (χ0v) is 11.3. The summed E-state index contributed by atoms with van der Waals surface area (Å²) >= 11 is 0. The average Bonchev–Trinajstić information content (AvgIpc) is 2.84. The van der Waals surface area contributed by atoms with Crippen molar-refractivity contribution in [2.75, 3.05) is 20.0 Å².